The summed E-state index contributed by atoms with van der Waals surface area (Å²) in [5.74, 6) is 1.86. The number of hydrogen-bond acceptors (Lipinski definition) is 2. The summed E-state index contributed by atoms with van der Waals surface area (Å²) in [6, 6.07) is 8.96. The number of likely N-dealkylation sites (tertiary alicyclic amines) is 1. The third kappa shape index (κ3) is 5.53. The van der Waals surface area contributed by atoms with Crippen molar-refractivity contribution in [3.05, 3.63) is 29.8 Å². The van der Waals surface area contributed by atoms with E-state index in [1.54, 1.807) is 0 Å². The third-order valence-electron chi connectivity index (χ3n) is 5.37. The van der Waals surface area contributed by atoms with Crippen LogP contribution < -0.4 is 4.90 Å². The minimum Gasteiger partial charge on any atom is -0.372 e. The number of piperidine rings is 2. The van der Waals surface area contributed by atoms with Gasteiger partial charge in [0, 0.05) is 25.3 Å². The summed E-state index contributed by atoms with van der Waals surface area (Å²) in [6.45, 7) is 15.1. The molecule has 0 bridgehead atoms. The lowest BCUT2D eigenvalue weighted by Crippen LogP contribution is -2.41. The van der Waals surface area contributed by atoms with Crippen LogP contribution in [0.3, 0.4) is 0 Å². The Bertz CT molecular complexity index is 441. The largest absolute Gasteiger partial charge is 0.372 e. The maximum atomic E-state index is 2.72. The van der Waals surface area contributed by atoms with Crippen molar-refractivity contribution in [1.29, 1.82) is 0 Å². The van der Waals surface area contributed by atoms with E-state index in [9.17, 15) is 0 Å². The van der Waals surface area contributed by atoms with Gasteiger partial charge in [-0.15, -0.1) is 0 Å². The first-order valence-electron chi connectivity index (χ1n) is 9.74. The molecule has 0 saturated carbocycles. The summed E-state index contributed by atoms with van der Waals surface area (Å²) in [5.41, 5.74) is 2.79. The van der Waals surface area contributed by atoms with Crippen LogP contribution in [0.25, 0.3) is 0 Å². The van der Waals surface area contributed by atoms with Crippen molar-refractivity contribution in [2.75, 3.05) is 37.6 Å². The molecule has 1 aromatic rings. The van der Waals surface area contributed by atoms with E-state index in [4.69, 9.17) is 0 Å². The summed E-state index contributed by atoms with van der Waals surface area (Å²) in [4.78, 5) is 5.29. The summed E-state index contributed by atoms with van der Waals surface area (Å²) in [6.07, 6.45) is 5.53. The molecule has 2 saturated heterocycles. The second-order valence-electron chi connectivity index (χ2n) is 7.25. The van der Waals surface area contributed by atoms with E-state index in [0.717, 1.165) is 11.8 Å². The molecule has 0 spiro atoms. The van der Waals surface area contributed by atoms with Gasteiger partial charge in [-0.3, -0.25) is 0 Å². The van der Waals surface area contributed by atoms with Crippen molar-refractivity contribution < 1.29 is 0 Å². The van der Waals surface area contributed by atoms with Gasteiger partial charge in [0.25, 0.3) is 0 Å². The molecule has 130 valence electrons. The van der Waals surface area contributed by atoms with Crippen molar-refractivity contribution >= 4 is 5.69 Å². The van der Waals surface area contributed by atoms with Crippen LogP contribution in [0.4, 0.5) is 5.69 Å². The summed E-state index contributed by atoms with van der Waals surface area (Å²) in [7, 11) is 0. The predicted molar refractivity (Wildman–Crippen MR) is 102 cm³/mol. The minimum atomic E-state index is 0.916. The highest BCUT2D eigenvalue weighted by molar-refractivity contribution is 5.48. The van der Waals surface area contributed by atoms with Gasteiger partial charge in [-0.2, -0.15) is 0 Å². The van der Waals surface area contributed by atoms with E-state index >= 15 is 0 Å². The number of nitrogens with zero attached hydrogens (tertiary/aromatic N) is 2. The van der Waals surface area contributed by atoms with E-state index in [2.05, 4.69) is 47.9 Å². The molecule has 0 radical (unpaired) electrons. The van der Waals surface area contributed by atoms with Crippen LogP contribution in [0.15, 0.2) is 24.3 Å². The third-order valence-corrected chi connectivity index (χ3v) is 5.37. The average Bonchev–Trinajstić information content (AvgIpc) is 2.59. The van der Waals surface area contributed by atoms with Gasteiger partial charge in [0.05, 0.1) is 0 Å². The zero-order valence-corrected chi connectivity index (χ0v) is 15.7. The van der Waals surface area contributed by atoms with E-state index < -0.39 is 0 Å². The normalized spacial score (nSPS) is 21.0. The van der Waals surface area contributed by atoms with Crippen LogP contribution in [0.1, 0.15) is 52.0 Å². The fraction of sp³-hybridized carbons (Fsp3) is 0.714. The van der Waals surface area contributed by atoms with Crippen LogP contribution in [0, 0.1) is 18.8 Å². The number of benzene rings is 1. The molecule has 2 heterocycles. The summed E-state index contributed by atoms with van der Waals surface area (Å²) < 4.78 is 0. The van der Waals surface area contributed by atoms with Gasteiger partial charge in [0.2, 0.25) is 0 Å². The van der Waals surface area contributed by atoms with E-state index in [-0.39, 0.29) is 0 Å². The van der Waals surface area contributed by atoms with E-state index in [0.29, 0.717) is 0 Å². The highest BCUT2D eigenvalue weighted by atomic mass is 15.2. The summed E-state index contributed by atoms with van der Waals surface area (Å²) in [5, 5.41) is 0. The van der Waals surface area contributed by atoms with Crippen LogP contribution in [-0.2, 0) is 0 Å². The molecular formula is C21H36N2. The Hall–Kier alpha value is -1.02. The fourth-order valence-electron chi connectivity index (χ4n) is 3.81. The molecule has 0 unspecified atom stereocenters. The Balaban J connectivity index is 0.000000924. The highest BCUT2D eigenvalue weighted by Crippen LogP contribution is 2.26. The van der Waals surface area contributed by atoms with Gasteiger partial charge in [-0.1, -0.05) is 32.9 Å². The topological polar surface area (TPSA) is 6.48 Å². The maximum Gasteiger partial charge on any atom is 0.0368 e. The van der Waals surface area contributed by atoms with Crippen molar-refractivity contribution in [3.63, 3.8) is 0 Å². The number of aryl methyl sites for hydroxylation is 1. The number of rotatable bonds is 3. The molecule has 2 aliphatic rings. The Morgan fingerprint density at radius 3 is 2.22 bits per heavy atom. The Labute approximate surface area is 143 Å². The maximum absolute atomic E-state index is 2.72. The predicted octanol–water partition coefficient (Wildman–Crippen LogP) is 4.97. The van der Waals surface area contributed by atoms with Gasteiger partial charge in [-0.05, 0) is 75.2 Å². The Morgan fingerprint density at radius 2 is 1.61 bits per heavy atom. The van der Waals surface area contributed by atoms with Crippen LogP contribution in [-0.4, -0.2) is 37.6 Å². The number of hydrogen-bond donors (Lipinski definition) is 0. The SMILES string of the molecule is CC.Cc1cccc(N2CCC(CN3CCC(C)CC3)CC2)c1. The van der Waals surface area contributed by atoms with Gasteiger partial charge in [0.1, 0.15) is 0 Å². The zero-order chi connectivity index (χ0) is 16.7. The monoisotopic (exact) mass is 316 g/mol. The molecule has 2 nitrogen and oxygen atoms in total. The van der Waals surface area contributed by atoms with Gasteiger partial charge in [0.15, 0.2) is 0 Å². The molecular weight excluding hydrogens is 280 g/mol. The van der Waals surface area contributed by atoms with Crippen molar-refractivity contribution in [2.24, 2.45) is 11.8 Å². The van der Waals surface area contributed by atoms with Crippen LogP contribution in [0.5, 0.6) is 0 Å². The zero-order valence-electron chi connectivity index (χ0n) is 15.7. The molecule has 0 N–H and O–H groups in total. The smallest absolute Gasteiger partial charge is 0.0368 e. The molecule has 0 aliphatic carbocycles. The fourth-order valence-corrected chi connectivity index (χ4v) is 3.81. The van der Waals surface area contributed by atoms with Crippen molar-refractivity contribution in [2.45, 2.75) is 53.4 Å². The molecule has 2 fully saturated rings. The molecule has 2 aliphatic heterocycles. The van der Waals surface area contributed by atoms with E-state index in [1.807, 2.05) is 13.8 Å². The first kappa shape index (κ1) is 18.3. The van der Waals surface area contributed by atoms with Crippen molar-refractivity contribution in [1.82, 2.24) is 4.90 Å². The second-order valence-corrected chi connectivity index (χ2v) is 7.25. The highest BCUT2D eigenvalue weighted by Gasteiger charge is 2.23. The number of anilines is 1. The van der Waals surface area contributed by atoms with Gasteiger partial charge >= 0.3 is 0 Å². The standard InChI is InChI=1S/C19H30N2.C2H6/c1-16-6-10-20(11-7-16)15-18-8-12-21(13-9-18)19-5-3-4-17(2)14-19;1-2/h3-5,14,16,18H,6-13,15H2,1-2H3;1-2H3. The minimum absolute atomic E-state index is 0.916. The average molecular weight is 317 g/mol. The quantitative estimate of drug-likeness (QED) is 0.777. The second kappa shape index (κ2) is 9.32. The molecule has 2 heteroatoms. The molecule has 1 aromatic carbocycles. The lowest BCUT2D eigenvalue weighted by Gasteiger charge is -2.38. The molecule has 3 rings (SSSR count). The molecule has 0 aromatic heterocycles. The van der Waals surface area contributed by atoms with Gasteiger partial charge in [-0.25, -0.2) is 0 Å². The molecule has 0 amide bonds. The summed E-state index contributed by atoms with van der Waals surface area (Å²) >= 11 is 0. The van der Waals surface area contributed by atoms with Gasteiger partial charge < -0.3 is 9.80 Å². The Morgan fingerprint density at radius 1 is 0.957 bits per heavy atom. The first-order chi connectivity index (χ1) is 11.2. The lowest BCUT2D eigenvalue weighted by molar-refractivity contribution is 0.157. The Kier molecular flexibility index (Phi) is 7.42. The lowest BCUT2D eigenvalue weighted by atomic mass is 9.93. The van der Waals surface area contributed by atoms with Crippen LogP contribution >= 0.6 is 0 Å². The molecule has 0 atom stereocenters. The van der Waals surface area contributed by atoms with Crippen LogP contribution in [0.2, 0.25) is 0 Å². The molecule has 23 heavy (non-hydrogen) atoms. The van der Waals surface area contributed by atoms with E-state index in [1.165, 1.54) is 69.7 Å². The first-order valence-corrected chi connectivity index (χ1v) is 9.74. The van der Waals surface area contributed by atoms with Crippen molar-refractivity contribution in [3.8, 4) is 0 Å².